The Kier molecular flexibility index (Phi) is 5.40. The minimum atomic E-state index is 0.737. The summed E-state index contributed by atoms with van der Waals surface area (Å²) in [6.07, 6.45) is 5.42. The van der Waals surface area contributed by atoms with Gasteiger partial charge >= 0.3 is 0 Å². The van der Waals surface area contributed by atoms with Crippen molar-refractivity contribution in [2.24, 2.45) is 5.92 Å². The minimum absolute atomic E-state index is 0.737. The second-order valence-corrected chi connectivity index (χ2v) is 4.53. The SMILES string of the molecule is CC(C)CCNCC1CCCCN1. The van der Waals surface area contributed by atoms with Gasteiger partial charge in [-0.25, -0.2) is 0 Å². The van der Waals surface area contributed by atoms with E-state index in [4.69, 9.17) is 0 Å². The molecule has 0 amide bonds. The minimum Gasteiger partial charge on any atom is -0.315 e. The zero-order chi connectivity index (χ0) is 9.52. The van der Waals surface area contributed by atoms with Crippen LogP contribution in [-0.2, 0) is 0 Å². The lowest BCUT2D eigenvalue weighted by Crippen LogP contribution is -2.42. The highest BCUT2D eigenvalue weighted by Gasteiger charge is 2.10. The lowest BCUT2D eigenvalue weighted by atomic mass is 10.0. The van der Waals surface area contributed by atoms with Crippen LogP contribution in [0.25, 0.3) is 0 Å². The quantitative estimate of drug-likeness (QED) is 0.636. The molecule has 0 aromatic heterocycles. The molecule has 1 aliphatic rings. The van der Waals surface area contributed by atoms with Gasteiger partial charge in [-0.3, -0.25) is 0 Å². The molecule has 2 N–H and O–H groups in total. The molecule has 0 saturated carbocycles. The average molecular weight is 184 g/mol. The van der Waals surface area contributed by atoms with Crippen molar-refractivity contribution in [2.45, 2.75) is 45.6 Å². The van der Waals surface area contributed by atoms with Crippen molar-refractivity contribution < 1.29 is 0 Å². The molecule has 0 radical (unpaired) electrons. The van der Waals surface area contributed by atoms with Crippen molar-refractivity contribution in [3.05, 3.63) is 0 Å². The van der Waals surface area contributed by atoms with Crippen molar-refractivity contribution >= 4 is 0 Å². The molecule has 1 fully saturated rings. The third kappa shape index (κ3) is 5.27. The molecule has 0 spiro atoms. The molecule has 1 saturated heterocycles. The molecule has 0 bridgehead atoms. The molecule has 1 atom stereocenters. The van der Waals surface area contributed by atoms with E-state index >= 15 is 0 Å². The summed E-state index contributed by atoms with van der Waals surface area (Å²) in [6.45, 7) is 8.11. The van der Waals surface area contributed by atoms with Crippen LogP contribution in [0.5, 0.6) is 0 Å². The highest BCUT2D eigenvalue weighted by atomic mass is 15.0. The standard InChI is InChI=1S/C11H24N2/c1-10(2)6-8-12-9-11-5-3-4-7-13-11/h10-13H,3-9H2,1-2H3. The van der Waals surface area contributed by atoms with Gasteiger partial charge in [-0.05, 0) is 38.3 Å². The number of rotatable bonds is 5. The van der Waals surface area contributed by atoms with Gasteiger partial charge in [-0.2, -0.15) is 0 Å². The fourth-order valence-electron chi connectivity index (χ4n) is 1.77. The fraction of sp³-hybridized carbons (Fsp3) is 1.00. The first-order valence-electron chi connectivity index (χ1n) is 5.73. The van der Waals surface area contributed by atoms with Gasteiger partial charge in [-0.1, -0.05) is 20.3 Å². The molecule has 1 rings (SSSR count). The summed E-state index contributed by atoms with van der Waals surface area (Å²) in [5.74, 6) is 0.826. The Morgan fingerprint density at radius 3 is 2.85 bits per heavy atom. The van der Waals surface area contributed by atoms with Crippen LogP contribution in [0.2, 0.25) is 0 Å². The lowest BCUT2D eigenvalue weighted by molar-refractivity contribution is 0.379. The zero-order valence-electron chi connectivity index (χ0n) is 9.10. The predicted octanol–water partition coefficient (Wildman–Crippen LogP) is 1.76. The van der Waals surface area contributed by atoms with Crippen LogP contribution >= 0.6 is 0 Å². The normalized spacial score (nSPS) is 23.8. The maximum absolute atomic E-state index is 3.54. The highest BCUT2D eigenvalue weighted by Crippen LogP contribution is 2.05. The number of nitrogens with one attached hydrogen (secondary N) is 2. The van der Waals surface area contributed by atoms with E-state index in [-0.39, 0.29) is 0 Å². The van der Waals surface area contributed by atoms with Crippen LogP contribution in [0.15, 0.2) is 0 Å². The predicted molar refractivity (Wildman–Crippen MR) is 58.0 cm³/mol. The van der Waals surface area contributed by atoms with Crippen LogP contribution < -0.4 is 10.6 Å². The average Bonchev–Trinajstić information content (AvgIpc) is 2.14. The summed E-state index contributed by atoms with van der Waals surface area (Å²) in [7, 11) is 0. The summed E-state index contributed by atoms with van der Waals surface area (Å²) >= 11 is 0. The molecule has 0 aromatic rings. The van der Waals surface area contributed by atoms with Gasteiger partial charge in [0.05, 0.1) is 0 Å². The molecular weight excluding hydrogens is 160 g/mol. The van der Waals surface area contributed by atoms with Crippen LogP contribution in [0.3, 0.4) is 0 Å². The highest BCUT2D eigenvalue weighted by molar-refractivity contribution is 4.74. The first kappa shape index (κ1) is 11.0. The van der Waals surface area contributed by atoms with Gasteiger partial charge in [0.25, 0.3) is 0 Å². The first-order valence-corrected chi connectivity index (χ1v) is 5.73. The Morgan fingerprint density at radius 2 is 2.23 bits per heavy atom. The lowest BCUT2D eigenvalue weighted by Gasteiger charge is -2.23. The third-order valence-corrected chi connectivity index (χ3v) is 2.70. The van der Waals surface area contributed by atoms with Crippen LogP contribution in [0, 0.1) is 5.92 Å². The van der Waals surface area contributed by atoms with Crippen LogP contribution in [0.4, 0.5) is 0 Å². The van der Waals surface area contributed by atoms with Gasteiger partial charge in [0.1, 0.15) is 0 Å². The molecule has 1 heterocycles. The Hall–Kier alpha value is -0.0800. The second kappa shape index (κ2) is 6.39. The molecule has 1 aliphatic heterocycles. The second-order valence-electron chi connectivity index (χ2n) is 4.53. The third-order valence-electron chi connectivity index (χ3n) is 2.70. The van der Waals surface area contributed by atoms with Crippen molar-refractivity contribution in [3.8, 4) is 0 Å². The van der Waals surface area contributed by atoms with E-state index < -0.39 is 0 Å². The van der Waals surface area contributed by atoms with E-state index in [1.807, 2.05) is 0 Å². The summed E-state index contributed by atoms with van der Waals surface area (Å²) in [5.41, 5.74) is 0. The molecule has 0 aliphatic carbocycles. The molecule has 2 nitrogen and oxygen atoms in total. The molecule has 13 heavy (non-hydrogen) atoms. The molecule has 78 valence electrons. The van der Waals surface area contributed by atoms with E-state index in [0.717, 1.165) is 18.5 Å². The Labute approximate surface area is 82.5 Å². The van der Waals surface area contributed by atoms with Crippen molar-refractivity contribution in [3.63, 3.8) is 0 Å². The van der Waals surface area contributed by atoms with Gasteiger partial charge in [0, 0.05) is 12.6 Å². The zero-order valence-corrected chi connectivity index (χ0v) is 9.10. The molecule has 2 heteroatoms. The Morgan fingerprint density at radius 1 is 1.38 bits per heavy atom. The first-order chi connectivity index (χ1) is 6.29. The summed E-state index contributed by atoms with van der Waals surface area (Å²) < 4.78 is 0. The molecule has 0 aromatic carbocycles. The smallest absolute Gasteiger partial charge is 0.0192 e. The van der Waals surface area contributed by atoms with Gasteiger partial charge in [0.15, 0.2) is 0 Å². The number of hydrogen-bond acceptors (Lipinski definition) is 2. The summed E-state index contributed by atoms with van der Waals surface area (Å²) in [6, 6.07) is 0.737. The topological polar surface area (TPSA) is 24.1 Å². The van der Waals surface area contributed by atoms with E-state index in [0.29, 0.717) is 0 Å². The number of hydrogen-bond donors (Lipinski definition) is 2. The van der Waals surface area contributed by atoms with Gasteiger partial charge in [-0.15, -0.1) is 0 Å². The summed E-state index contributed by atoms with van der Waals surface area (Å²) in [4.78, 5) is 0. The van der Waals surface area contributed by atoms with E-state index in [2.05, 4.69) is 24.5 Å². The maximum Gasteiger partial charge on any atom is 0.0192 e. The van der Waals surface area contributed by atoms with E-state index in [9.17, 15) is 0 Å². The van der Waals surface area contributed by atoms with Crippen LogP contribution in [0.1, 0.15) is 39.5 Å². The van der Waals surface area contributed by atoms with Gasteiger partial charge < -0.3 is 10.6 Å². The monoisotopic (exact) mass is 184 g/mol. The Balaban J connectivity index is 1.92. The fourth-order valence-corrected chi connectivity index (χ4v) is 1.77. The summed E-state index contributed by atoms with van der Waals surface area (Å²) in [5, 5.41) is 7.07. The van der Waals surface area contributed by atoms with Gasteiger partial charge in [0.2, 0.25) is 0 Å². The number of piperidine rings is 1. The molecule has 1 unspecified atom stereocenters. The van der Waals surface area contributed by atoms with E-state index in [1.165, 1.54) is 38.8 Å². The van der Waals surface area contributed by atoms with Crippen LogP contribution in [-0.4, -0.2) is 25.7 Å². The van der Waals surface area contributed by atoms with Crippen molar-refractivity contribution in [2.75, 3.05) is 19.6 Å². The largest absolute Gasteiger partial charge is 0.315 e. The Bertz CT molecular complexity index is 117. The van der Waals surface area contributed by atoms with E-state index in [1.54, 1.807) is 0 Å². The maximum atomic E-state index is 3.54. The van der Waals surface area contributed by atoms with Crippen molar-refractivity contribution in [1.29, 1.82) is 0 Å². The van der Waals surface area contributed by atoms with Crippen molar-refractivity contribution in [1.82, 2.24) is 10.6 Å². The molecular formula is C11H24N2.